The number of nitrogens with one attached hydrogen (secondary N) is 1. The number of rotatable bonds is 5. The summed E-state index contributed by atoms with van der Waals surface area (Å²) in [6.45, 7) is 6.36. The lowest BCUT2D eigenvalue weighted by Gasteiger charge is -2.34. The van der Waals surface area contributed by atoms with E-state index in [-0.39, 0.29) is 24.1 Å². The average molecular weight is 331 g/mol. The van der Waals surface area contributed by atoms with Gasteiger partial charge in [-0.1, -0.05) is 6.92 Å². The van der Waals surface area contributed by atoms with Crippen LogP contribution in [-0.2, 0) is 0 Å². The number of halogens is 1. The van der Waals surface area contributed by atoms with Crippen LogP contribution in [0.1, 0.15) is 53.1 Å². The van der Waals surface area contributed by atoms with E-state index in [1.807, 2.05) is 4.90 Å². The summed E-state index contributed by atoms with van der Waals surface area (Å²) in [5.41, 5.74) is 0.639. The van der Waals surface area contributed by atoms with Crippen LogP contribution in [0.3, 0.4) is 0 Å². The molecular weight excluding hydrogens is 308 g/mol. The first-order valence-electron chi connectivity index (χ1n) is 7.24. The van der Waals surface area contributed by atoms with Crippen LogP contribution in [0.25, 0.3) is 0 Å². The summed E-state index contributed by atoms with van der Waals surface area (Å²) < 4.78 is 0. The van der Waals surface area contributed by atoms with Crippen LogP contribution in [0, 0.1) is 0 Å². The maximum absolute atomic E-state index is 12.7. The molecule has 2 heterocycles. The first-order chi connectivity index (χ1) is 9.63. The molecule has 1 amide bonds. The van der Waals surface area contributed by atoms with Crippen LogP contribution in [0.5, 0.6) is 0 Å². The largest absolute Gasteiger partial charge is 0.335 e. The third-order valence-corrected chi connectivity index (χ3v) is 4.61. The van der Waals surface area contributed by atoms with E-state index < -0.39 is 0 Å². The van der Waals surface area contributed by atoms with Crippen molar-refractivity contribution in [1.29, 1.82) is 0 Å². The Labute approximate surface area is 136 Å². The van der Waals surface area contributed by atoms with Crippen LogP contribution < -0.4 is 5.32 Å². The van der Waals surface area contributed by atoms with Gasteiger partial charge in [0, 0.05) is 23.5 Å². The van der Waals surface area contributed by atoms with E-state index in [4.69, 9.17) is 0 Å². The minimum Gasteiger partial charge on any atom is -0.335 e. The van der Waals surface area contributed by atoms with Gasteiger partial charge in [0.15, 0.2) is 5.78 Å². The third kappa shape index (κ3) is 4.53. The second-order valence-electron chi connectivity index (χ2n) is 5.24. The van der Waals surface area contributed by atoms with Gasteiger partial charge in [-0.2, -0.15) is 0 Å². The van der Waals surface area contributed by atoms with E-state index in [9.17, 15) is 9.59 Å². The third-order valence-electron chi connectivity index (χ3n) is 3.69. The predicted molar refractivity (Wildman–Crippen MR) is 88.8 cm³/mol. The minimum atomic E-state index is 0. The van der Waals surface area contributed by atoms with E-state index >= 15 is 0 Å². The van der Waals surface area contributed by atoms with Crippen molar-refractivity contribution in [2.45, 2.75) is 39.2 Å². The Bertz CT molecular complexity index is 484. The molecule has 118 valence electrons. The molecule has 1 aliphatic rings. The van der Waals surface area contributed by atoms with Gasteiger partial charge in [0.25, 0.3) is 5.91 Å². The van der Waals surface area contributed by atoms with Gasteiger partial charge < -0.3 is 10.2 Å². The lowest BCUT2D eigenvalue weighted by Crippen LogP contribution is -2.46. The molecule has 0 spiro atoms. The molecule has 1 aromatic rings. The molecule has 0 radical (unpaired) electrons. The van der Waals surface area contributed by atoms with Crippen molar-refractivity contribution in [1.82, 2.24) is 10.2 Å². The minimum absolute atomic E-state index is 0. The van der Waals surface area contributed by atoms with Gasteiger partial charge in [-0.15, -0.1) is 23.7 Å². The zero-order chi connectivity index (χ0) is 14.5. The Morgan fingerprint density at radius 2 is 2.05 bits per heavy atom. The van der Waals surface area contributed by atoms with E-state index in [0.717, 1.165) is 38.9 Å². The monoisotopic (exact) mass is 330 g/mol. The zero-order valence-electron chi connectivity index (χ0n) is 12.6. The molecule has 0 bridgehead atoms. The molecule has 0 unspecified atom stereocenters. The first kappa shape index (κ1) is 18.1. The van der Waals surface area contributed by atoms with Crippen molar-refractivity contribution in [2.24, 2.45) is 0 Å². The summed E-state index contributed by atoms with van der Waals surface area (Å²) >= 11 is 1.38. The first-order valence-corrected chi connectivity index (χ1v) is 8.12. The molecule has 1 aliphatic heterocycles. The number of hydrogen-bond donors (Lipinski definition) is 1. The van der Waals surface area contributed by atoms with Crippen LogP contribution in [0.2, 0.25) is 0 Å². The molecule has 6 heteroatoms. The number of piperidine rings is 1. The molecule has 1 fully saturated rings. The zero-order valence-corrected chi connectivity index (χ0v) is 14.2. The van der Waals surface area contributed by atoms with Gasteiger partial charge in [-0.3, -0.25) is 9.59 Å². The number of thiophene rings is 1. The second kappa shape index (κ2) is 8.51. The van der Waals surface area contributed by atoms with Crippen LogP contribution in [0.4, 0.5) is 0 Å². The summed E-state index contributed by atoms with van der Waals surface area (Å²) in [7, 11) is 0. The topological polar surface area (TPSA) is 49.4 Å². The van der Waals surface area contributed by atoms with Crippen molar-refractivity contribution < 1.29 is 9.59 Å². The van der Waals surface area contributed by atoms with Gasteiger partial charge in [0.2, 0.25) is 0 Å². The molecule has 21 heavy (non-hydrogen) atoms. The number of ketones is 1. The molecule has 0 atom stereocenters. The SMILES string of the molecule is CCCN(C(=O)c1cc(C(C)=O)cs1)C1CCNCC1.Cl. The lowest BCUT2D eigenvalue weighted by atomic mass is 10.0. The Balaban J connectivity index is 0.00000220. The van der Waals surface area contributed by atoms with Crippen molar-refractivity contribution in [3.8, 4) is 0 Å². The van der Waals surface area contributed by atoms with Gasteiger partial charge in [0.05, 0.1) is 4.88 Å². The normalized spacial score (nSPS) is 15.3. The predicted octanol–water partition coefficient (Wildman–Crippen LogP) is 2.98. The van der Waals surface area contributed by atoms with Crippen molar-refractivity contribution in [2.75, 3.05) is 19.6 Å². The van der Waals surface area contributed by atoms with Crippen molar-refractivity contribution in [3.63, 3.8) is 0 Å². The molecular formula is C15H23ClN2O2S. The Hall–Kier alpha value is -0.910. The maximum Gasteiger partial charge on any atom is 0.264 e. The molecule has 1 saturated heterocycles. The fraction of sp³-hybridized carbons (Fsp3) is 0.600. The number of Topliss-reactive ketones (excluding diaryl/α,β-unsaturated/α-hetero) is 1. The van der Waals surface area contributed by atoms with Crippen LogP contribution in [-0.4, -0.2) is 42.3 Å². The second-order valence-corrected chi connectivity index (χ2v) is 6.15. The van der Waals surface area contributed by atoms with Gasteiger partial charge in [0.1, 0.15) is 0 Å². The Morgan fingerprint density at radius 1 is 1.38 bits per heavy atom. The number of hydrogen-bond acceptors (Lipinski definition) is 4. The van der Waals surface area contributed by atoms with E-state index in [1.165, 1.54) is 18.3 Å². The molecule has 0 saturated carbocycles. The highest BCUT2D eigenvalue weighted by Crippen LogP contribution is 2.21. The highest BCUT2D eigenvalue weighted by atomic mass is 35.5. The molecule has 4 nitrogen and oxygen atoms in total. The number of nitrogens with zero attached hydrogens (tertiary/aromatic N) is 1. The van der Waals surface area contributed by atoms with Gasteiger partial charge >= 0.3 is 0 Å². The highest BCUT2D eigenvalue weighted by molar-refractivity contribution is 7.12. The number of carbonyl (C=O) groups is 2. The molecule has 0 aromatic carbocycles. The molecule has 1 aromatic heterocycles. The summed E-state index contributed by atoms with van der Waals surface area (Å²) in [4.78, 5) is 26.7. The fourth-order valence-corrected chi connectivity index (χ4v) is 3.48. The lowest BCUT2D eigenvalue weighted by molar-refractivity contribution is 0.0647. The van der Waals surface area contributed by atoms with Gasteiger partial charge in [-0.05, 0) is 45.3 Å². The van der Waals surface area contributed by atoms with E-state index in [0.29, 0.717) is 16.5 Å². The van der Waals surface area contributed by atoms with Crippen molar-refractivity contribution in [3.05, 3.63) is 21.9 Å². The number of amides is 1. The van der Waals surface area contributed by atoms with Crippen LogP contribution in [0.15, 0.2) is 11.4 Å². The van der Waals surface area contributed by atoms with Crippen LogP contribution >= 0.6 is 23.7 Å². The van der Waals surface area contributed by atoms with E-state index in [1.54, 1.807) is 11.4 Å². The van der Waals surface area contributed by atoms with Crippen molar-refractivity contribution >= 4 is 35.4 Å². The smallest absolute Gasteiger partial charge is 0.264 e. The van der Waals surface area contributed by atoms with Gasteiger partial charge in [-0.25, -0.2) is 0 Å². The Kier molecular flexibility index (Phi) is 7.35. The molecule has 1 N–H and O–H groups in total. The standard InChI is InChI=1S/C15H22N2O2S.ClH/c1-3-8-17(13-4-6-16-7-5-13)15(19)14-9-12(10-20-14)11(2)18;/h9-10,13,16H,3-8H2,1-2H3;1H. The quantitative estimate of drug-likeness (QED) is 0.844. The maximum atomic E-state index is 12.7. The number of carbonyl (C=O) groups excluding carboxylic acids is 2. The average Bonchev–Trinajstić information content (AvgIpc) is 2.95. The summed E-state index contributed by atoms with van der Waals surface area (Å²) in [6.07, 6.45) is 2.98. The highest BCUT2D eigenvalue weighted by Gasteiger charge is 2.26. The molecule has 0 aliphatic carbocycles. The Morgan fingerprint density at radius 3 is 2.57 bits per heavy atom. The molecule has 2 rings (SSSR count). The summed E-state index contributed by atoms with van der Waals surface area (Å²) in [5.74, 6) is 0.0976. The fourth-order valence-electron chi connectivity index (χ4n) is 2.58. The summed E-state index contributed by atoms with van der Waals surface area (Å²) in [6, 6.07) is 2.06. The van der Waals surface area contributed by atoms with E-state index in [2.05, 4.69) is 12.2 Å². The summed E-state index contributed by atoms with van der Waals surface area (Å²) in [5, 5.41) is 5.11.